The van der Waals surface area contributed by atoms with E-state index in [1.807, 2.05) is 6.92 Å². The molecule has 0 aliphatic carbocycles. The van der Waals surface area contributed by atoms with E-state index in [9.17, 15) is 4.79 Å². The molecule has 0 saturated carbocycles. The van der Waals surface area contributed by atoms with Gasteiger partial charge in [0.2, 0.25) is 0 Å². The van der Waals surface area contributed by atoms with Crippen molar-refractivity contribution in [2.45, 2.75) is 31.6 Å². The highest BCUT2D eigenvalue weighted by Gasteiger charge is 2.40. The highest BCUT2D eigenvalue weighted by atomic mass is 16.5. The Kier molecular flexibility index (Phi) is 4.89. The summed E-state index contributed by atoms with van der Waals surface area (Å²) in [4.78, 5) is 19.6. The maximum absolute atomic E-state index is 11.4. The Morgan fingerprint density at radius 2 is 2.10 bits per heavy atom. The molecule has 2 heterocycles. The first kappa shape index (κ1) is 14.7. The standard InChI is InChI=1S/C14H20N2O4/c1-3-20-12(17)5-4-6-14(9-19-10-14)11-7-15-13(18-2)16-8-11/h7-8H,3-6,9-10H2,1-2H3. The minimum atomic E-state index is -0.145. The average molecular weight is 280 g/mol. The van der Waals surface area contributed by atoms with Crippen LogP contribution >= 0.6 is 0 Å². The number of ether oxygens (including phenoxy) is 3. The molecule has 110 valence electrons. The van der Waals surface area contributed by atoms with E-state index in [1.54, 1.807) is 12.4 Å². The smallest absolute Gasteiger partial charge is 0.316 e. The predicted molar refractivity (Wildman–Crippen MR) is 71.6 cm³/mol. The van der Waals surface area contributed by atoms with E-state index < -0.39 is 0 Å². The highest BCUT2D eigenvalue weighted by Crippen LogP contribution is 2.36. The van der Waals surface area contributed by atoms with Crippen LogP contribution < -0.4 is 4.74 Å². The van der Waals surface area contributed by atoms with Crippen molar-refractivity contribution in [2.24, 2.45) is 0 Å². The molecule has 1 saturated heterocycles. The molecule has 20 heavy (non-hydrogen) atoms. The van der Waals surface area contributed by atoms with Crippen LogP contribution in [0.3, 0.4) is 0 Å². The molecule has 0 bridgehead atoms. The Morgan fingerprint density at radius 3 is 2.60 bits per heavy atom. The van der Waals surface area contributed by atoms with Gasteiger partial charge in [-0.25, -0.2) is 9.97 Å². The lowest BCUT2D eigenvalue weighted by atomic mass is 9.76. The predicted octanol–water partition coefficient (Wildman–Crippen LogP) is 1.49. The zero-order chi connectivity index (χ0) is 14.4. The van der Waals surface area contributed by atoms with E-state index in [0.717, 1.165) is 18.4 Å². The summed E-state index contributed by atoms with van der Waals surface area (Å²) in [5.41, 5.74) is 0.965. The van der Waals surface area contributed by atoms with Crippen molar-refractivity contribution >= 4 is 5.97 Å². The average Bonchev–Trinajstić information content (AvgIpc) is 2.42. The molecule has 1 fully saturated rings. The Morgan fingerprint density at radius 1 is 1.40 bits per heavy atom. The van der Waals surface area contributed by atoms with Gasteiger partial charge >= 0.3 is 12.0 Å². The number of rotatable bonds is 7. The number of carbonyl (C=O) groups is 1. The molecule has 6 nitrogen and oxygen atoms in total. The van der Waals surface area contributed by atoms with Crippen LogP contribution in [0.15, 0.2) is 12.4 Å². The number of hydrogen-bond donors (Lipinski definition) is 0. The lowest BCUT2D eigenvalue weighted by molar-refractivity contribution is -0.143. The fraction of sp³-hybridized carbons (Fsp3) is 0.643. The number of methoxy groups -OCH3 is 1. The second-order valence-corrected chi connectivity index (χ2v) is 4.89. The molecule has 0 spiro atoms. The van der Waals surface area contributed by atoms with Gasteiger partial charge in [0.05, 0.1) is 26.9 Å². The van der Waals surface area contributed by atoms with Crippen LogP contribution in [0.2, 0.25) is 0 Å². The third kappa shape index (κ3) is 3.25. The first-order valence-electron chi connectivity index (χ1n) is 6.80. The zero-order valence-corrected chi connectivity index (χ0v) is 11.9. The summed E-state index contributed by atoms with van der Waals surface area (Å²) in [7, 11) is 1.54. The van der Waals surface area contributed by atoms with Crippen molar-refractivity contribution in [3.63, 3.8) is 0 Å². The summed E-state index contributed by atoms with van der Waals surface area (Å²) in [5.74, 6) is -0.145. The maximum atomic E-state index is 11.4. The van der Waals surface area contributed by atoms with Crippen molar-refractivity contribution in [3.8, 4) is 6.01 Å². The van der Waals surface area contributed by atoms with E-state index in [-0.39, 0.29) is 11.4 Å². The fourth-order valence-corrected chi connectivity index (χ4v) is 2.30. The first-order chi connectivity index (χ1) is 9.70. The van der Waals surface area contributed by atoms with Crippen LogP contribution in [-0.4, -0.2) is 42.9 Å². The van der Waals surface area contributed by atoms with Gasteiger partial charge in [-0.2, -0.15) is 0 Å². The van der Waals surface area contributed by atoms with Gasteiger partial charge in [-0.05, 0) is 25.3 Å². The van der Waals surface area contributed by atoms with Crippen molar-refractivity contribution in [2.75, 3.05) is 26.9 Å². The third-order valence-electron chi connectivity index (χ3n) is 3.52. The SMILES string of the molecule is CCOC(=O)CCCC1(c2cnc(OC)nc2)COC1. The molecule has 0 radical (unpaired) electrons. The Balaban J connectivity index is 1.93. The van der Waals surface area contributed by atoms with Crippen LogP contribution in [0.5, 0.6) is 6.01 Å². The van der Waals surface area contributed by atoms with Crippen LogP contribution in [0.25, 0.3) is 0 Å². The summed E-state index contributed by atoms with van der Waals surface area (Å²) in [6.07, 6.45) is 5.62. The lowest BCUT2D eigenvalue weighted by Crippen LogP contribution is -2.46. The molecule has 1 aliphatic heterocycles. The van der Waals surface area contributed by atoms with Crippen LogP contribution in [0, 0.1) is 0 Å². The van der Waals surface area contributed by atoms with Crippen molar-refractivity contribution in [3.05, 3.63) is 18.0 Å². The zero-order valence-electron chi connectivity index (χ0n) is 11.9. The van der Waals surface area contributed by atoms with Crippen molar-refractivity contribution in [1.29, 1.82) is 0 Å². The Hall–Kier alpha value is -1.69. The quantitative estimate of drug-likeness (QED) is 0.705. The minimum absolute atomic E-state index is 0.0707. The Labute approximate surface area is 118 Å². The normalized spacial score (nSPS) is 16.3. The van der Waals surface area contributed by atoms with E-state index in [1.165, 1.54) is 7.11 Å². The number of hydrogen-bond acceptors (Lipinski definition) is 6. The van der Waals surface area contributed by atoms with E-state index in [4.69, 9.17) is 14.2 Å². The minimum Gasteiger partial charge on any atom is -0.467 e. The van der Waals surface area contributed by atoms with Gasteiger partial charge in [0.25, 0.3) is 0 Å². The molecule has 2 rings (SSSR count). The van der Waals surface area contributed by atoms with Gasteiger partial charge < -0.3 is 14.2 Å². The van der Waals surface area contributed by atoms with Crippen molar-refractivity contribution < 1.29 is 19.0 Å². The van der Waals surface area contributed by atoms with Gasteiger partial charge in [-0.1, -0.05) is 0 Å². The van der Waals surface area contributed by atoms with E-state index >= 15 is 0 Å². The molecule has 0 unspecified atom stereocenters. The van der Waals surface area contributed by atoms with Gasteiger partial charge in [-0.15, -0.1) is 0 Å². The van der Waals surface area contributed by atoms with E-state index in [0.29, 0.717) is 32.3 Å². The van der Waals surface area contributed by atoms with Crippen LogP contribution in [-0.2, 0) is 19.7 Å². The summed E-state index contributed by atoms with van der Waals surface area (Å²) in [6.45, 7) is 3.53. The molecule has 1 aromatic heterocycles. The fourth-order valence-electron chi connectivity index (χ4n) is 2.30. The monoisotopic (exact) mass is 280 g/mol. The molecule has 0 N–H and O–H groups in total. The molecular formula is C14H20N2O4. The third-order valence-corrected chi connectivity index (χ3v) is 3.52. The summed E-state index contributed by atoms with van der Waals surface area (Å²) < 4.78 is 15.2. The van der Waals surface area contributed by atoms with Gasteiger partial charge in [0.15, 0.2) is 0 Å². The molecular weight excluding hydrogens is 260 g/mol. The Bertz CT molecular complexity index is 443. The molecule has 1 aromatic rings. The molecule has 0 atom stereocenters. The molecule has 0 aromatic carbocycles. The summed E-state index contributed by atoms with van der Waals surface area (Å²) in [6, 6.07) is 0.357. The van der Waals surface area contributed by atoms with Crippen molar-refractivity contribution in [1.82, 2.24) is 9.97 Å². The summed E-state index contributed by atoms with van der Waals surface area (Å²) in [5, 5.41) is 0. The van der Waals surface area contributed by atoms with Gasteiger partial charge in [-0.3, -0.25) is 4.79 Å². The van der Waals surface area contributed by atoms with Crippen LogP contribution in [0.4, 0.5) is 0 Å². The number of aromatic nitrogens is 2. The highest BCUT2D eigenvalue weighted by molar-refractivity contribution is 5.69. The maximum Gasteiger partial charge on any atom is 0.316 e. The number of nitrogens with zero attached hydrogens (tertiary/aromatic N) is 2. The molecule has 6 heteroatoms. The lowest BCUT2D eigenvalue weighted by Gasteiger charge is -2.41. The summed E-state index contributed by atoms with van der Waals surface area (Å²) >= 11 is 0. The number of carbonyl (C=O) groups excluding carboxylic acids is 1. The first-order valence-corrected chi connectivity index (χ1v) is 6.80. The van der Waals surface area contributed by atoms with Gasteiger partial charge in [0, 0.05) is 24.2 Å². The van der Waals surface area contributed by atoms with Crippen LogP contribution in [0.1, 0.15) is 31.7 Å². The topological polar surface area (TPSA) is 70.5 Å². The largest absolute Gasteiger partial charge is 0.467 e. The number of esters is 1. The second kappa shape index (κ2) is 6.65. The molecule has 0 amide bonds. The second-order valence-electron chi connectivity index (χ2n) is 4.89. The van der Waals surface area contributed by atoms with E-state index in [2.05, 4.69) is 9.97 Å². The van der Waals surface area contributed by atoms with Gasteiger partial charge in [0.1, 0.15) is 0 Å². The molecule has 1 aliphatic rings.